The minimum absolute atomic E-state index is 0.0295. The number of carbonyl (C=O) groups is 2. The average molecular weight is 501 g/mol. The second kappa shape index (κ2) is 10.7. The first kappa shape index (κ1) is 25.8. The molecule has 1 saturated carbocycles. The third kappa shape index (κ3) is 6.67. The smallest absolute Gasteiger partial charge is 0.319 e. The van der Waals surface area contributed by atoms with E-state index in [4.69, 9.17) is 5.26 Å². The first-order chi connectivity index (χ1) is 17.6. The van der Waals surface area contributed by atoms with Gasteiger partial charge >= 0.3 is 6.03 Å². The van der Waals surface area contributed by atoms with Gasteiger partial charge in [0.1, 0.15) is 18.0 Å². The summed E-state index contributed by atoms with van der Waals surface area (Å²) in [6, 6.07) is 13.9. The summed E-state index contributed by atoms with van der Waals surface area (Å²) in [6.45, 7) is 5.67. The van der Waals surface area contributed by atoms with Crippen LogP contribution in [0.5, 0.6) is 0 Å². The second-order valence-electron chi connectivity index (χ2n) is 9.91. The molecule has 9 heteroatoms. The molecule has 8 nitrogen and oxygen atoms in total. The van der Waals surface area contributed by atoms with Crippen molar-refractivity contribution in [2.45, 2.75) is 40.0 Å². The maximum Gasteiger partial charge on any atom is 0.319 e. The molecule has 37 heavy (non-hydrogen) atoms. The van der Waals surface area contributed by atoms with E-state index in [1.54, 1.807) is 32.9 Å². The lowest BCUT2D eigenvalue weighted by Crippen LogP contribution is -2.32. The number of nitriles is 1. The van der Waals surface area contributed by atoms with E-state index in [1.807, 2.05) is 24.3 Å². The Kier molecular flexibility index (Phi) is 7.48. The number of hydrogen-bond acceptors (Lipinski definition) is 5. The summed E-state index contributed by atoms with van der Waals surface area (Å²) in [4.78, 5) is 33.0. The number of carbonyl (C=O) groups excluding carboxylic acids is 2. The van der Waals surface area contributed by atoms with E-state index in [0.29, 0.717) is 23.5 Å². The summed E-state index contributed by atoms with van der Waals surface area (Å²) in [5.41, 5.74) is 3.20. The lowest BCUT2D eigenvalue weighted by atomic mass is 9.92. The normalized spacial score (nSPS) is 12.9. The van der Waals surface area contributed by atoms with Gasteiger partial charge in [-0.2, -0.15) is 5.26 Å². The number of urea groups is 1. The third-order valence-electron chi connectivity index (χ3n) is 6.24. The molecule has 0 bridgehead atoms. The van der Waals surface area contributed by atoms with Gasteiger partial charge in [-0.15, -0.1) is 0 Å². The maximum atomic E-state index is 14.7. The van der Waals surface area contributed by atoms with Gasteiger partial charge in [0, 0.05) is 24.1 Å². The van der Waals surface area contributed by atoms with Gasteiger partial charge in [-0.3, -0.25) is 4.79 Å². The third-order valence-corrected chi connectivity index (χ3v) is 6.24. The van der Waals surface area contributed by atoms with Crippen molar-refractivity contribution < 1.29 is 14.0 Å². The summed E-state index contributed by atoms with van der Waals surface area (Å²) >= 11 is 0. The molecule has 2 aromatic carbocycles. The van der Waals surface area contributed by atoms with E-state index in [2.05, 4.69) is 32.0 Å². The zero-order valence-electron chi connectivity index (χ0n) is 21.1. The van der Waals surface area contributed by atoms with E-state index in [0.717, 1.165) is 29.5 Å². The highest BCUT2D eigenvalue weighted by Gasteiger charge is 2.29. The van der Waals surface area contributed by atoms with Crippen LogP contribution in [0.1, 0.15) is 38.7 Å². The largest absolute Gasteiger partial charge is 0.338 e. The van der Waals surface area contributed by atoms with E-state index in [-0.39, 0.29) is 24.1 Å². The van der Waals surface area contributed by atoms with Crippen LogP contribution < -0.4 is 16.0 Å². The maximum absolute atomic E-state index is 14.7. The molecule has 3 aromatic rings. The summed E-state index contributed by atoms with van der Waals surface area (Å²) in [6.07, 6.45) is 3.69. The number of halogens is 1. The molecule has 0 spiro atoms. The molecule has 0 aliphatic heterocycles. The predicted molar refractivity (Wildman–Crippen MR) is 140 cm³/mol. The fourth-order valence-corrected chi connectivity index (χ4v) is 3.79. The van der Waals surface area contributed by atoms with Gasteiger partial charge in [0.15, 0.2) is 0 Å². The number of amides is 3. The molecule has 1 aromatic heterocycles. The first-order valence-corrected chi connectivity index (χ1v) is 12.2. The standard InChI is InChI=1S/C28H29FN6O2/c1-17-11-22(29)24(34-27(37)31-10-9-28(2,3)15-30)13-21(17)19-5-4-6-20(12-19)23-14-25(33-16-32-23)35-26(36)18-7-8-18/h4-6,11-14,16,18H,7-10H2,1-3H3,(H2,31,34,37)(H,32,33,35,36). The fourth-order valence-electron chi connectivity index (χ4n) is 3.79. The van der Waals surface area contributed by atoms with Crippen molar-refractivity contribution in [3.63, 3.8) is 0 Å². The molecule has 0 atom stereocenters. The Morgan fingerprint density at radius 2 is 1.86 bits per heavy atom. The number of aryl methyl sites for hydroxylation is 1. The quantitative estimate of drug-likeness (QED) is 0.368. The first-order valence-electron chi connectivity index (χ1n) is 12.2. The average Bonchev–Trinajstić information content (AvgIpc) is 3.72. The van der Waals surface area contributed by atoms with Crippen LogP contribution in [0, 0.1) is 35.4 Å². The zero-order chi connectivity index (χ0) is 26.6. The molecule has 3 N–H and O–H groups in total. The van der Waals surface area contributed by atoms with Gasteiger partial charge in [0.25, 0.3) is 0 Å². The molecule has 1 aliphatic rings. The summed E-state index contributed by atoms with van der Waals surface area (Å²) in [7, 11) is 0. The molecule has 3 amide bonds. The molecule has 0 radical (unpaired) electrons. The van der Waals surface area contributed by atoms with Gasteiger partial charge in [-0.25, -0.2) is 19.2 Å². The second-order valence-corrected chi connectivity index (χ2v) is 9.91. The van der Waals surface area contributed by atoms with Gasteiger partial charge in [-0.05, 0) is 74.9 Å². The van der Waals surface area contributed by atoms with Crippen LogP contribution in [0.15, 0.2) is 48.8 Å². The number of anilines is 2. The minimum Gasteiger partial charge on any atom is -0.338 e. The van der Waals surface area contributed by atoms with E-state index in [1.165, 1.54) is 12.4 Å². The SMILES string of the molecule is Cc1cc(F)c(NC(=O)NCCC(C)(C)C#N)cc1-c1cccc(-c2cc(NC(=O)C3CC3)ncn2)c1. The molecule has 1 aliphatic carbocycles. The molecular weight excluding hydrogens is 471 g/mol. The lowest BCUT2D eigenvalue weighted by Gasteiger charge is -2.16. The Morgan fingerprint density at radius 1 is 1.11 bits per heavy atom. The molecule has 1 heterocycles. The summed E-state index contributed by atoms with van der Waals surface area (Å²) in [5.74, 6) is -0.0617. The van der Waals surface area contributed by atoms with Crippen LogP contribution in [0.2, 0.25) is 0 Å². The van der Waals surface area contributed by atoms with Crippen LogP contribution in [0.3, 0.4) is 0 Å². The fraction of sp³-hybridized carbons (Fsp3) is 0.321. The predicted octanol–water partition coefficient (Wildman–Crippen LogP) is 5.67. The minimum atomic E-state index is -0.562. The van der Waals surface area contributed by atoms with Gasteiger partial charge < -0.3 is 16.0 Å². The Hall–Kier alpha value is -4.32. The van der Waals surface area contributed by atoms with Crippen LogP contribution in [0.4, 0.5) is 20.7 Å². The van der Waals surface area contributed by atoms with Gasteiger partial charge in [-0.1, -0.05) is 18.2 Å². The molecule has 1 fully saturated rings. The van der Waals surface area contributed by atoms with Crippen molar-refractivity contribution in [3.8, 4) is 28.5 Å². The lowest BCUT2D eigenvalue weighted by molar-refractivity contribution is -0.117. The number of benzene rings is 2. The van der Waals surface area contributed by atoms with Crippen LogP contribution >= 0.6 is 0 Å². The number of nitrogens with zero attached hydrogens (tertiary/aromatic N) is 3. The Labute approximate surface area is 215 Å². The van der Waals surface area contributed by atoms with E-state index >= 15 is 0 Å². The number of aromatic nitrogens is 2. The highest BCUT2D eigenvalue weighted by atomic mass is 19.1. The van der Waals surface area contributed by atoms with Crippen molar-refractivity contribution in [1.29, 1.82) is 5.26 Å². The topological polar surface area (TPSA) is 120 Å². The number of rotatable bonds is 8. The monoisotopic (exact) mass is 500 g/mol. The highest BCUT2D eigenvalue weighted by Crippen LogP contribution is 2.33. The van der Waals surface area contributed by atoms with Crippen LogP contribution in [0.25, 0.3) is 22.4 Å². The molecular formula is C28H29FN6O2. The van der Waals surface area contributed by atoms with E-state index < -0.39 is 17.3 Å². The van der Waals surface area contributed by atoms with Crippen molar-refractivity contribution in [2.24, 2.45) is 11.3 Å². The summed E-state index contributed by atoms with van der Waals surface area (Å²) < 4.78 is 14.7. The van der Waals surface area contributed by atoms with Crippen LogP contribution in [-0.2, 0) is 4.79 Å². The van der Waals surface area contributed by atoms with Crippen LogP contribution in [-0.4, -0.2) is 28.5 Å². The zero-order valence-corrected chi connectivity index (χ0v) is 21.1. The van der Waals surface area contributed by atoms with Crippen molar-refractivity contribution in [1.82, 2.24) is 15.3 Å². The van der Waals surface area contributed by atoms with Crippen molar-refractivity contribution in [3.05, 3.63) is 60.2 Å². The van der Waals surface area contributed by atoms with Gasteiger partial charge in [0.05, 0.1) is 22.9 Å². The molecule has 0 saturated heterocycles. The Balaban J connectivity index is 1.52. The van der Waals surface area contributed by atoms with Crippen molar-refractivity contribution in [2.75, 3.05) is 17.2 Å². The van der Waals surface area contributed by atoms with E-state index in [9.17, 15) is 14.0 Å². The number of hydrogen-bond donors (Lipinski definition) is 3. The molecule has 190 valence electrons. The Morgan fingerprint density at radius 3 is 2.59 bits per heavy atom. The summed E-state index contributed by atoms with van der Waals surface area (Å²) in [5, 5.41) is 17.2. The highest BCUT2D eigenvalue weighted by molar-refractivity contribution is 5.93. The molecule has 4 rings (SSSR count). The van der Waals surface area contributed by atoms with Gasteiger partial charge in [0.2, 0.25) is 5.91 Å². The molecule has 0 unspecified atom stereocenters. The van der Waals surface area contributed by atoms with Crippen molar-refractivity contribution >= 4 is 23.4 Å². The number of nitrogens with one attached hydrogen (secondary N) is 3. The Bertz CT molecular complexity index is 1380.